The van der Waals surface area contributed by atoms with Crippen LogP contribution in [-0.4, -0.2) is 18.4 Å². The quantitative estimate of drug-likeness (QED) is 0.572. The molecule has 2 aliphatic rings. The Hall–Kier alpha value is -0.860. The van der Waals surface area contributed by atoms with Crippen LogP contribution in [0.3, 0.4) is 0 Å². The zero-order valence-corrected chi connectivity index (χ0v) is 7.08. The van der Waals surface area contributed by atoms with Gasteiger partial charge in [0, 0.05) is 12.3 Å². The molecule has 2 saturated carbocycles. The molecule has 3 atom stereocenters. The Kier molecular flexibility index (Phi) is 1.67. The van der Waals surface area contributed by atoms with E-state index in [4.69, 9.17) is 4.74 Å². The van der Waals surface area contributed by atoms with E-state index in [9.17, 15) is 9.59 Å². The van der Waals surface area contributed by atoms with E-state index in [1.54, 1.807) is 6.92 Å². The minimum absolute atomic E-state index is 0.0315. The number of hydrogen-bond acceptors (Lipinski definition) is 3. The van der Waals surface area contributed by atoms with Crippen LogP contribution in [0.15, 0.2) is 0 Å². The largest absolute Gasteiger partial charge is 0.466 e. The molecule has 0 unspecified atom stereocenters. The Morgan fingerprint density at radius 1 is 1.67 bits per heavy atom. The monoisotopic (exact) mass is 168 g/mol. The van der Waals surface area contributed by atoms with Crippen molar-refractivity contribution >= 4 is 11.8 Å². The highest BCUT2D eigenvalue weighted by Gasteiger charge is 2.62. The Bertz CT molecular complexity index is 234. The molecular weight excluding hydrogens is 156 g/mol. The minimum atomic E-state index is -0.166. The van der Waals surface area contributed by atoms with E-state index in [0.717, 1.165) is 6.42 Å². The van der Waals surface area contributed by atoms with Crippen molar-refractivity contribution in [2.75, 3.05) is 6.61 Å². The summed E-state index contributed by atoms with van der Waals surface area (Å²) in [6.07, 6.45) is 1.57. The number of hydrogen-bond donors (Lipinski definition) is 0. The first kappa shape index (κ1) is 7.77. The van der Waals surface area contributed by atoms with Crippen LogP contribution in [0.2, 0.25) is 0 Å². The third kappa shape index (κ3) is 0.958. The second kappa shape index (κ2) is 2.57. The Morgan fingerprint density at radius 2 is 2.42 bits per heavy atom. The van der Waals surface area contributed by atoms with Gasteiger partial charge in [0.1, 0.15) is 5.78 Å². The summed E-state index contributed by atoms with van der Waals surface area (Å²) in [5.74, 6) is 0.380. The molecule has 0 aromatic carbocycles. The summed E-state index contributed by atoms with van der Waals surface area (Å²) in [7, 11) is 0. The van der Waals surface area contributed by atoms with Crippen molar-refractivity contribution < 1.29 is 14.3 Å². The maximum absolute atomic E-state index is 11.2. The summed E-state index contributed by atoms with van der Waals surface area (Å²) < 4.78 is 4.86. The number of carbonyl (C=O) groups is 2. The highest BCUT2D eigenvalue weighted by molar-refractivity contribution is 5.94. The summed E-state index contributed by atoms with van der Waals surface area (Å²) in [5.41, 5.74) is 0. The fourth-order valence-electron chi connectivity index (χ4n) is 2.21. The topological polar surface area (TPSA) is 43.4 Å². The third-order valence-electron chi connectivity index (χ3n) is 2.82. The van der Waals surface area contributed by atoms with E-state index in [-0.39, 0.29) is 23.6 Å². The Balaban J connectivity index is 1.94. The maximum Gasteiger partial charge on any atom is 0.309 e. The van der Waals surface area contributed by atoms with E-state index in [2.05, 4.69) is 0 Å². The number of ether oxygens (including phenoxy) is 1. The molecule has 0 radical (unpaired) electrons. The van der Waals surface area contributed by atoms with Gasteiger partial charge in [-0.15, -0.1) is 0 Å². The van der Waals surface area contributed by atoms with E-state index in [0.29, 0.717) is 18.9 Å². The van der Waals surface area contributed by atoms with Gasteiger partial charge in [0.25, 0.3) is 0 Å². The number of Topliss-reactive ketones (excluding diaryl/α,β-unsaturated/α-hetero) is 1. The summed E-state index contributed by atoms with van der Waals surface area (Å²) in [6.45, 7) is 2.21. The molecule has 0 aliphatic heterocycles. The first-order chi connectivity index (χ1) is 5.75. The zero-order valence-electron chi connectivity index (χ0n) is 7.08. The zero-order chi connectivity index (χ0) is 8.72. The summed E-state index contributed by atoms with van der Waals surface area (Å²) in [6, 6.07) is 0. The highest BCUT2D eigenvalue weighted by Crippen LogP contribution is 2.55. The van der Waals surface area contributed by atoms with E-state index in [1.165, 1.54) is 0 Å². The van der Waals surface area contributed by atoms with Crippen molar-refractivity contribution in [3.8, 4) is 0 Å². The van der Waals surface area contributed by atoms with Gasteiger partial charge < -0.3 is 4.74 Å². The lowest BCUT2D eigenvalue weighted by Crippen LogP contribution is -2.12. The van der Waals surface area contributed by atoms with Gasteiger partial charge >= 0.3 is 5.97 Å². The van der Waals surface area contributed by atoms with Crippen LogP contribution in [-0.2, 0) is 14.3 Å². The van der Waals surface area contributed by atoms with Crippen LogP contribution in [0.4, 0.5) is 0 Å². The number of ketones is 1. The molecule has 2 rings (SSSR count). The number of esters is 1. The van der Waals surface area contributed by atoms with Gasteiger partial charge in [-0.3, -0.25) is 9.59 Å². The van der Waals surface area contributed by atoms with Gasteiger partial charge in [0.15, 0.2) is 0 Å². The molecule has 0 aromatic heterocycles. The smallest absolute Gasteiger partial charge is 0.309 e. The molecule has 0 N–H and O–H groups in total. The predicted molar refractivity (Wildman–Crippen MR) is 41.3 cm³/mol. The average molecular weight is 168 g/mol. The average Bonchev–Trinajstić information content (AvgIpc) is 2.65. The van der Waals surface area contributed by atoms with E-state index in [1.807, 2.05) is 0 Å². The first-order valence-corrected chi connectivity index (χ1v) is 4.45. The van der Waals surface area contributed by atoms with Gasteiger partial charge in [-0.25, -0.2) is 0 Å². The Morgan fingerprint density at radius 3 is 2.92 bits per heavy atom. The number of rotatable bonds is 2. The molecule has 3 heteroatoms. The van der Waals surface area contributed by atoms with Crippen molar-refractivity contribution in [1.29, 1.82) is 0 Å². The van der Waals surface area contributed by atoms with Gasteiger partial charge in [0.2, 0.25) is 0 Å². The lowest BCUT2D eigenvalue weighted by molar-refractivity contribution is -0.146. The van der Waals surface area contributed by atoms with Crippen molar-refractivity contribution in [1.82, 2.24) is 0 Å². The molecule has 12 heavy (non-hydrogen) atoms. The van der Waals surface area contributed by atoms with Gasteiger partial charge in [-0.05, 0) is 19.3 Å². The van der Waals surface area contributed by atoms with Crippen LogP contribution in [0.25, 0.3) is 0 Å². The fraction of sp³-hybridized carbons (Fsp3) is 0.778. The SMILES string of the molecule is CCOC(=O)[C@H]1[C@@H]2CCC(=O)[C@H]21. The van der Waals surface area contributed by atoms with Crippen LogP contribution < -0.4 is 0 Å². The first-order valence-electron chi connectivity index (χ1n) is 4.45. The maximum atomic E-state index is 11.2. The van der Waals surface area contributed by atoms with Crippen molar-refractivity contribution in [3.63, 3.8) is 0 Å². The summed E-state index contributed by atoms with van der Waals surface area (Å²) in [5, 5.41) is 0. The molecule has 0 saturated heterocycles. The molecule has 0 aromatic rings. The molecule has 0 heterocycles. The highest BCUT2D eigenvalue weighted by atomic mass is 16.5. The fourth-order valence-corrected chi connectivity index (χ4v) is 2.21. The van der Waals surface area contributed by atoms with Crippen molar-refractivity contribution in [2.24, 2.45) is 17.8 Å². The summed E-state index contributed by atoms with van der Waals surface area (Å²) >= 11 is 0. The number of fused-ring (bicyclic) bond motifs is 1. The molecule has 0 amide bonds. The van der Waals surface area contributed by atoms with E-state index < -0.39 is 0 Å². The third-order valence-corrected chi connectivity index (χ3v) is 2.82. The van der Waals surface area contributed by atoms with Crippen LogP contribution in [0, 0.1) is 17.8 Å². The molecule has 3 nitrogen and oxygen atoms in total. The van der Waals surface area contributed by atoms with E-state index >= 15 is 0 Å². The van der Waals surface area contributed by atoms with Crippen LogP contribution in [0.1, 0.15) is 19.8 Å². The van der Waals surface area contributed by atoms with Crippen molar-refractivity contribution in [2.45, 2.75) is 19.8 Å². The minimum Gasteiger partial charge on any atom is -0.466 e. The van der Waals surface area contributed by atoms with Gasteiger partial charge in [0.05, 0.1) is 12.5 Å². The van der Waals surface area contributed by atoms with Crippen LogP contribution >= 0.6 is 0 Å². The van der Waals surface area contributed by atoms with Crippen LogP contribution in [0.5, 0.6) is 0 Å². The standard InChI is InChI=1S/C9H12O3/c1-2-12-9(11)8-5-3-4-6(10)7(5)8/h5,7-8H,2-4H2,1H3/t5-,7+,8+/m1/s1. The predicted octanol–water partition coefficient (Wildman–Crippen LogP) is 0.775. The molecule has 66 valence electrons. The second-order valence-corrected chi connectivity index (χ2v) is 3.47. The van der Waals surface area contributed by atoms with Gasteiger partial charge in [-0.2, -0.15) is 0 Å². The van der Waals surface area contributed by atoms with Crippen molar-refractivity contribution in [3.05, 3.63) is 0 Å². The summed E-state index contributed by atoms with van der Waals surface area (Å²) in [4.78, 5) is 22.3. The lowest BCUT2D eigenvalue weighted by atomic mass is 10.1. The number of carbonyl (C=O) groups excluding carboxylic acids is 2. The van der Waals surface area contributed by atoms with Gasteiger partial charge in [-0.1, -0.05) is 0 Å². The lowest BCUT2D eigenvalue weighted by Gasteiger charge is -2.01. The second-order valence-electron chi connectivity index (χ2n) is 3.47. The normalized spacial score (nSPS) is 37.8. The molecule has 2 fully saturated rings. The molecule has 0 bridgehead atoms. The Labute approximate surface area is 71.1 Å². The molecular formula is C9H12O3. The molecule has 2 aliphatic carbocycles. The molecule has 0 spiro atoms.